The summed E-state index contributed by atoms with van der Waals surface area (Å²) < 4.78 is 2.26. The molecule has 1 unspecified atom stereocenters. The van der Waals surface area contributed by atoms with Crippen molar-refractivity contribution in [3.05, 3.63) is 18.2 Å². The number of hydrogen-bond donors (Lipinski definition) is 1. The fourth-order valence-corrected chi connectivity index (χ4v) is 2.07. The molecule has 1 aliphatic carbocycles. The molecule has 84 valence electrons. The van der Waals surface area contributed by atoms with Gasteiger partial charge in [0, 0.05) is 18.9 Å². The molecule has 1 N–H and O–H groups in total. The molecule has 1 aromatic rings. The summed E-state index contributed by atoms with van der Waals surface area (Å²) in [5.41, 5.74) is 0. The molecule has 0 amide bonds. The Morgan fingerprint density at radius 2 is 2.33 bits per heavy atom. The zero-order valence-corrected chi connectivity index (χ0v) is 9.74. The van der Waals surface area contributed by atoms with Gasteiger partial charge in [-0.05, 0) is 38.6 Å². The van der Waals surface area contributed by atoms with Gasteiger partial charge >= 0.3 is 0 Å². The predicted molar refractivity (Wildman–Crippen MR) is 61.7 cm³/mol. The highest BCUT2D eigenvalue weighted by atomic mass is 15.1. The minimum atomic E-state index is 0.486. The first-order valence-corrected chi connectivity index (χ1v) is 6.11. The van der Waals surface area contributed by atoms with Crippen molar-refractivity contribution >= 4 is 0 Å². The Kier molecular flexibility index (Phi) is 3.41. The van der Waals surface area contributed by atoms with Gasteiger partial charge in [-0.15, -0.1) is 0 Å². The topological polar surface area (TPSA) is 29.9 Å². The van der Waals surface area contributed by atoms with Crippen LogP contribution in [-0.4, -0.2) is 16.1 Å². The van der Waals surface area contributed by atoms with Gasteiger partial charge in [0.05, 0.1) is 6.04 Å². The maximum Gasteiger partial charge on any atom is 0.126 e. The Morgan fingerprint density at radius 1 is 1.53 bits per heavy atom. The van der Waals surface area contributed by atoms with E-state index in [-0.39, 0.29) is 0 Å². The molecule has 1 heterocycles. The van der Waals surface area contributed by atoms with Crippen LogP contribution >= 0.6 is 0 Å². The molecule has 3 nitrogen and oxygen atoms in total. The van der Waals surface area contributed by atoms with Crippen molar-refractivity contribution in [2.45, 2.75) is 45.7 Å². The molecule has 0 bridgehead atoms. The van der Waals surface area contributed by atoms with E-state index in [0.717, 1.165) is 19.0 Å². The molecule has 1 atom stereocenters. The molecule has 0 aliphatic heterocycles. The van der Waals surface area contributed by atoms with Crippen LogP contribution in [0.5, 0.6) is 0 Å². The molecule has 1 aliphatic rings. The van der Waals surface area contributed by atoms with Gasteiger partial charge in [-0.3, -0.25) is 0 Å². The molecule has 1 fully saturated rings. The Bertz CT molecular complexity index is 302. The molecule has 2 rings (SSSR count). The van der Waals surface area contributed by atoms with Crippen LogP contribution in [0.25, 0.3) is 0 Å². The van der Waals surface area contributed by atoms with Crippen LogP contribution in [-0.2, 0) is 6.54 Å². The summed E-state index contributed by atoms with van der Waals surface area (Å²) in [5.74, 6) is 2.05. The molecule has 1 aromatic heterocycles. The SMILES string of the molecule is CCCNC(c1nccn1CC)C1CC1. The smallest absolute Gasteiger partial charge is 0.126 e. The summed E-state index contributed by atoms with van der Waals surface area (Å²) in [6.45, 7) is 6.50. The maximum absolute atomic E-state index is 4.50. The van der Waals surface area contributed by atoms with Crippen LogP contribution in [0.1, 0.15) is 45.0 Å². The number of nitrogens with zero attached hydrogens (tertiary/aromatic N) is 2. The average Bonchev–Trinajstić information content (AvgIpc) is 2.97. The number of rotatable bonds is 6. The standard InChI is InChI=1S/C12H21N3/c1-3-7-13-11(10-5-6-10)12-14-8-9-15(12)4-2/h8-11,13H,3-7H2,1-2H3. The third-order valence-corrected chi connectivity index (χ3v) is 3.07. The number of aryl methyl sites for hydroxylation is 1. The summed E-state index contributed by atoms with van der Waals surface area (Å²) in [7, 11) is 0. The summed E-state index contributed by atoms with van der Waals surface area (Å²) in [6, 6.07) is 0.486. The van der Waals surface area contributed by atoms with Gasteiger partial charge in [0.2, 0.25) is 0 Å². The van der Waals surface area contributed by atoms with E-state index < -0.39 is 0 Å². The lowest BCUT2D eigenvalue weighted by atomic mass is 10.1. The first-order valence-electron chi connectivity index (χ1n) is 6.11. The van der Waals surface area contributed by atoms with Crippen molar-refractivity contribution in [1.29, 1.82) is 0 Å². The number of aromatic nitrogens is 2. The highest BCUT2D eigenvalue weighted by Crippen LogP contribution is 2.40. The molecular weight excluding hydrogens is 186 g/mol. The molecule has 0 radical (unpaired) electrons. The van der Waals surface area contributed by atoms with Crippen molar-refractivity contribution in [3.63, 3.8) is 0 Å². The maximum atomic E-state index is 4.50. The van der Waals surface area contributed by atoms with Gasteiger partial charge in [-0.2, -0.15) is 0 Å². The van der Waals surface area contributed by atoms with Crippen molar-refractivity contribution in [2.24, 2.45) is 5.92 Å². The van der Waals surface area contributed by atoms with E-state index in [1.165, 1.54) is 25.1 Å². The molecule has 3 heteroatoms. The highest BCUT2D eigenvalue weighted by molar-refractivity contribution is 5.05. The number of nitrogens with one attached hydrogen (secondary N) is 1. The largest absolute Gasteiger partial charge is 0.334 e. The molecule has 0 spiro atoms. The second-order valence-electron chi connectivity index (χ2n) is 4.34. The first-order chi connectivity index (χ1) is 7.36. The van der Waals surface area contributed by atoms with Crippen LogP contribution in [0, 0.1) is 5.92 Å². The summed E-state index contributed by atoms with van der Waals surface area (Å²) in [5, 5.41) is 3.63. The van der Waals surface area contributed by atoms with Crippen LogP contribution in [0.4, 0.5) is 0 Å². The van der Waals surface area contributed by atoms with Gasteiger partial charge in [-0.1, -0.05) is 6.92 Å². The van der Waals surface area contributed by atoms with Gasteiger partial charge in [0.25, 0.3) is 0 Å². The minimum absolute atomic E-state index is 0.486. The lowest BCUT2D eigenvalue weighted by Crippen LogP contribution is -2.26. The summed E-state index contributed by atoms with van der Waals surface area (Å²) in [6.07, 6.45) is 7.91. The van der Waals surface area contributed by atoms with Crippen molar-refractivity contribution in [2.75, 3.05) is 6.54 Å². The zero-order valence-electron chi connectivity index (χ0n) is 9.74. The fraction of sp³-hybridized carbons (Fsp3) is 0.750. The normalized spacial score (nSPS) is 18.0. The molecule has 0 saturated heterocycles. The van der Waals surface area contributed by atoms with Gasteiger partial charge < -0.3 is 9.88 Å². The van der Waals surface area contributed by atoms with Crippen molar-refractivity contribution < 1.29 is 0 Å². The summed E-state index contributed by atoms with van der Waals surface area (Å²) in [4.78, 5) is 4.50. The third kappa shape index (κ3) is 2.40. The second-order valence-corrected chi connectivity index (χ2v) is 4.34. The zero-order chi connectivity index (χ0) is 10.7. The summed E-state index contributed by atoms with van der Waals surface area (Å²) >= 11 is 0. The fourth-order valence-electron chi connectivity index (χ4n) is 2.07. The van der Waals surface area contributed by atoms with E-state index in [1.54, 1.807) is 0 Å². The third-order valence-electron chi connectivity index (χ3n) is 3.07. The van der Waals surface area contributed by atoms with E-state index in [0.29, 0.717) is 6.04 Å². The molecule has 0 aromatic carbocycles. The second kappa shape index (κ2) is 4.79. The Hall–Kier alpha value is -0.830. The monoisotopic (exact) mass is 207 g/mol. The molecular formula is C12H21N3. The van der Waals surface area contributed by atoms with Crippen molar-refractivity contribution in [3.8, 4) is 0 Å². The number of imidazole rings is 1. The van der Waals surface area contributed by atoms with Gasteiger partial charge in [0.15, 0.2) is 0 Å². The predicted octanol–water partition coefficient (Wildman–Crippen LogP) is 2.35. The number of hydrogen-bond acceptors (Lipinski definition) is 2. The average molecular weight is 207 g/mol. The Morgan fingerprint density at radius 3 is 2.93 bits per heavy atom. The van der Waals surface area contributed by atoms with E-state index in [2.05, 4.69) is 34.9 Å². The van der Waals surface area contributed by atoms with E-state index in [1.807, 2.05) is 6.20 Å². The van der Waals surface area contributed by atoms with Gasteiger partial charge in [-0.25, -0.2) is 4.98 Å². The molecule has 1 saturated carbocycles. The molecule has 15 heavy (non-hydrogen) atoms. The lowest BCUT2D eigenvalue weighted by molar-refractivity contribution is 0.441. The van der Waals surface area contributed by atoms with Crippen LogP contribution < -0.4 is 5.32 Å². The van der Waals surface area contributed by atoms with Crippen LogP contribution in [0.3, 0.4) is 0 Å². The van der Waals surface area contributed by atoms with Crippen LogP contribution in [0.2, 0.25) is 0 Å². The van der Waals surface area contributed by atoms with E-state index >= 15 is 0 Å². The quantitative estimate of drug-likeness (QED) is 0.776. The Labute approximate surface area is 91.9 Å². The van der Waals surface area contributed by atoms with Crippen LogP contribution in [0.15, 0.2) is 12.4 Å². The Balaban J connectivity index is 2.09. The van der Waals surface area contributed by atoms with E-state index in [4.69, 9.17) is 0 Å². The minimum Gasteiger partial charge on any atom is -0.334 e. The van der Waals surface area contributed by atoms with Gasteiger partial charge in [0.1, 0.15) is 5.82 Å². The van der Waals surface area contributed by atoms with E-state index in [9.17, 15) is 0 Å². The lowest BCUT2D eigenvalue weighted by Gasteiger charge is -2.18. The highest BCUT2D eigenvalue weighted by Gasteiger charge is 2.34. The van der Waals surface area contributed by atoms with Crippen molar-refractivity contribution in [1.82, 2.24) is 14.9 Å². The first kappa shape index (κ1) is 10.7.